The van der Waals surface area contributed by atoms with Gasteiger partial charge in [-0.3, -0.25) is 4.79 Å². The highest BCUT2D eigenvalue weighted by Crippen LogP contribution is 2.14. The Labute approximate surface area is 101 Å². The van der Waals surface area contributed by atoms with Crippen molar-refractivity contribution in [3.63, 3.8) is 0 Å². The summed E-state index contributed by atoms with van der Waals surface area (Å²) in [7, 11) is 0. The number of rotatable bonds is 7. The summed E-state index contributed by atoms with van der Waals surface area (Å²) in [5.41, 5.74) is 0. The van der Waals surface area contributed by atoms with Crippen molar-refractivity contribution < 1.29 is 22.7 Å². The van der Waals surface area contributed by atoms with Crippen molar-refractivity contribution in [3.05, 3.63) is 0 Å². The molecule has 0 rings (SSSR count). The maximum absolute atomic E-state index is 11.7. The minimum absolute atomic E-state index is 0.283. The Balaban J connectivity index is 3.52. The zero-order valence-electron chi connectivity index (χ0n) is 8.94. The zero-order valence-corrected chi connectivity index (χ0v) is 10.5. The van der Waals surface area contributed by atoms with Crippen molar-refractivity contribution in [2.75, 3.05) is 25.1 Å². The van der Waals surface area contributed by atoms with Crippen LogP contribution in [0.2, 0.25) is 0 Å². The van der Waals surface area contributed by atoms with Crippen LogP contribution in [0.25, 0.3) is 0 Å². The van der Waals surface area contributed by atoms with Gasteiger partial charge in [-0.2, -0.15) is 13.2 Å². The highest BCUT2D eigenvalue weighted by molar-refractivity contribution is 9.09. The van der Waals surface area contributed by atoms with E-state index in [9.17, 15) is 18.0 Å². The maximum Gasteiger partial charge on any atom is 0.411 e. The van der Waals surface area contributed by atoms with E-state index in [4.69, 9.17) is 0 Å². The molecule has 1 N–H and O–H groups in total. The van der Waals surface area contributed by atoms with E-state index in [1.165, 1.54) is 0 Å². The standard InChI is InChI=1S/C9H15BrF3NO2/c1-7(2-3-10)4-14-8(15)5-16-6-9(11,12)13/h7H,2-6H2,1H3,(H,14,15). The Bertz CT molecular complexity index is 211. The summed E-state index contributed by atoms with van der Waals surface area (Å²) in [4.78, 5) is 11.0. The number of carbonyl (C=O) groups excluding carboxylic acids is 1. The van der Waals surface area contributed by atoms with Crippen LogP contribution in [0.4, 0.5) is 13.2 Å². The first-order valence-electron chi connectivity index (χ1n) is 4.82. The van der Waals surface area contributed by atoms with Gasteiger partial charge in [-0.15, -0.1) is 0 Å². The van der Waals surface area contributed by atoms with E-state index in [-0.39, 0.29) is 5.92 Å². The molecule has 0 aliphatic carbocycles. The minimum Gasteiger partial charge on any atom is -0.362 e. The SMILES string of the molecule is CC(CCBr)CNC(=O)COCC(F)(F)F. The maximum atomic E-state index is 11.7. The number of nitrogens with one attached hydrogen (secondary N) is 1. The van der Waals surface area contributed by atoms with E-state index in [0.717, 1.165) is 11.8 Å². The monoisotopic (exact) mass is 305 g/mol. The van der Waals surface area contributed by atoms with Crippen LogP contribution in [0.3, 0.4) is 0 Å². The van der Waals surface area contributed by atoms with Crippen molar-refractivity contribution in [1.82, 2.24) is 5.32 Å². The molecule has 1 unspecified atom stereocenters. The minimum atomic E-state index is -4.39. The molecular weight excluding hydrogens is 291 g/mol. The molecule has 0 aromatic carbocycles. The molecule has 0 aromatic heterocycles. The third-order valence-corrected chi connectivity index (χ3v) is 2.21. The second-order valence-electron chi connectivity index (χ2n) is 3.49. The Hall–Kier alpha value is -0.300. The molecule has 0 heterocycles. The number of amides is 1. The molecule has 3 nitrogen and oxygen atoms in total. The van der Waals surface area contributed by atoms with Gasteiger partial charge in [0.1, 0.15) is 13.2 Å². The largest absolute Gasteiger partial charge is 0.411 e. The van der Waals surface area contributed by atoms with Crippen LogP contribution in [0.1, 0.15) is 13.3 Å². The van der Waals surface area contributed by atoms with Gasteiger partial charge in [-0.05, 0) is 12.3 Å². The molecular formula is C9H15BrF3NO2. The van der Waals surface area contributed by atoms with Crippen LogP contribution in [0.15, 0.2) is 0 Å². The molecule has 0 aromatic rings. The molecule has 0 saturated carbocycles. The number of carbonyl (C=O) groups is 1. The first-order valence-corrected chi connectivity index (χ1v) is 5.94. The lowest BCUT2D eigenvalue weighted by molar-refractivity contribution is -0.175. The van der Waals surface area contributed by atoms with Crippen molar-refractivity contribution in [2.45, 2.75) is 19.5 Å². The molecule has 7 heteroatoms. The van der Waals surface area contributed by atoms with Gasteiger partial charge in [0.2, 0.25) is 5.91 Å². The van der Waals surface area contributed by atoms with Gasteiger partial charge in [0, 0.05) is 11.9 Å². The number of hydrogen-bond acceptors (Lipinski definition) is 2. The summed E-state index contributed by atoms with van der Waals surface area (Å²) in [5.74, 6) is -0.239. The molecule has 96 valence electrons. The lowest BCUT2D eigenvalue weighted by atomic mass is 10.1. The summed E-state index contributed by atoms with van der Waals surface area (Å²) in [6.07, 6.45) is -3.49. The Morgan fingerprint density at radius 1 is 1.50 bits per heavy atom. The molecule has 0 aliphatic heterocycles. The van der Waals surface area contributed by atoms with E-state index in [1.54, 1.807) is 0 Å². The molecule has 0 fully saturated rings. The first-order chi connectivity index (χ1) is 7.35. The van der Waals surface area contributed by atoms with Gasteiger partial charge in [-0.1, -0.05) is 22.9 Å². The fraction of sp³-hybridized carbons (Fsp3) is 0.889. The van der Waals surface area contributed by atoms with E-state index in [1.807, 2.05) is 6.92 Å². The molecule has 1 amide bonds. The second kappa shape index (κ2) is 7.89. The van der Waals surface area contributed by atoms with Crippen LogP contribution in [0, 0.1) is 5.92 Å². The third-order valence-electron chi connectivity index (χ3n) is 1.75. The molecule has 0 bridgehead atoms. The average Bonchev–Trinajstić information content (AvgIpc) is 2.13. The van der Waals surface area contributed by atoms with Gasteiger partial charge in [-0.25, -0.2) is 0 Å². The fourth-order valence-electron chi connectivity index (χ4n) is 0.887. The van der Waals surface area contributed by atoms with Crippen LogP contribution < -0.4 is 5.32 Å². The van der Waals surface area contributed by atoms with E-state index >= 15 is 0 Å². The quantitative estimate of drug-likeness (QED) is 0.732. The van der Waals surface area contributed by atoms with Gasteiger partial charge in [0.05, 0.1) is 0 Å². The highest BCUT2D eigenvalue weighted by atomic mass is 79.9. The number of halogens is 4. The number of hydrogen-bond donors (Lipinski definition) is 1. The van der Waals surface area contributed by atoms with Crippen LogP contribution in [-0.4, -0.2) is 37.2 Å². The molecule has 16 heavy (non-hydrogen) atoms. The second-order valence-corrected chi connectivity index (χ2v) is 4.29. The van der Waals surface area contributed by atoms with Gasteiger partial charge in [0.25, 0.3) is 0 Å². The Kier molecular flexibility index (Phi) is 7.74. The van der Waals surface area contributed by atoms with E-state index in [2.05, 4.69) is 26.0 Å². The smallest absolute Gasteiger partial charge is 0.362 e. The van der Waals surface area contributed by atoms with Gasteiger partial charge in [0.15, 0.2) is 0 Å². The van der Waals surface area contributed by atoms with Crippen LogP contribution in [-0.2, 0) is 9.53 Å². The lowest BCUT2D eigenvalue weighted by Crippen LogP contribution is -2.32. The third kappa shape index (κ3) is 10.2. The van der Waals surface area contributed by atoms with E-state index < -0.39 is 25.3 Å². The highest BCUT2D eigenvalue weighted by Gasteiger charge is 2.27. The summed E-state index contributed by atoms with van der Waals surface area (Å²) in [6.45, 7) is 0.440. The summed E-state index contributed by atoms with van der Waals surface area (Å²) >= 11 is 3.26. The van der Waals surface area contributed by atoms with Crippen LogP contribution >= 0.6 is 15.9 Å². The Morgan fingerprint density at radius 3 is 2.62 bits per heavy atom. The van der Waals surface area contributed by atoms with Crippen molar-refractivity contribution in [2.24, 2.45) is 5.92 Å². The molecule has 0 aliphatic rings. The molecule has 0 saturated heterocycles. The fourth-order valence-corrected chi connectivity index (χ4v) is 1.67. The van der Waals surface area contributed by atoms with Gasteiger partial charge < -0.3 is 10.1 Å². The number of ether oxygens (including phenoxy) is 1. The summed E-state index contributed by atoms with van der Waals surface area (Å²) in [6, 6.07) is 0. The normalized spacial score (nSPS) is 13.6. The molecule has 0 spiro atoms. The van der Waals surface area contributed by atoms with Crippen molar-refractivity contribution in [3.8, 4) is 0 Å². The van der Waals surface area contributed by atoms with Crippen molar-refractivity contribution >= 4 is 21.8 Å². The average molecular weight is 306 g/mol. The van der Waals surface area contributed by atoms with Gasteiger partial charge >= 0.3 is 6.18 Å². The first kappa shape index (κ1) is 15.7. The number of alkyl halides is 4. The van der Waals surface area contributed by atoms with E-state index in [0.29, 0.717) is 6.54 Å². The topological polar surface area (TPSA) is 38.3 Å². The zero-order chi connectivity index (χ0) is 12.6. The van der Waals surface area contributed by atoms with Crippen LogP contribution in [0.5, 0.6) is 0 Å². The predicted molar refractivity (Wildman–Crippen MR) is 57.5 cm³/mol. The molecule has 1 atom stereocenters. The van der Waals surface area contributed by atoms with Crippen molar-refractivity contribution in [1.29, 1.82) is 0 Å². The predicted octanol–water partition coefficient (Wildman–Crippen LogP) is 2.10. The summed E-state index contributed by atoms with van der Waals surface area (Å²) < 4.78 is 39.2. The summed E-state index contributed by atoms with van der Waals surface area (Å²) in [5, 5.41) is 3.33. The molecule has 0 radical (unpaired) electrons. The Morgan fingerprint density at radius 2 is 2.12 bits per heavy atom. The lowest BCUT2D eigenvalue weighted by Gasteiger charge is -2.11.